The van der Waals surface area contributed by atoms with E-state index in [9.17, 15) is 10.1 Å². The molecular formula is C14H25BO3S. The number of hydrogen-bond donors (Lipinski definition) is 2. The molecule has 0 atom stereocenters. The summed E-state index contributed by atoms with van der Waals surface area (Å²) >= 11 is 1.62. The van der Waals surface area contributed by atoms with Gasteiger partial charge in [-0.05, 0) is 50.0 Å². The average Bonchev–Trinajstić information content (AvgIpc) is 2.62. The maximum atomic E-state index is 10.2. The molecule has 19 heavy (non-hydrogen) atoms. The molecule has 1 rings (SSSR count). The Morgan fingerprint density at radius 2 is 1.63 bits per heavy atom. The Morgan fingerprint density at radius 1 is 1.11 bits per heavy atom. The lowest BCUT2D eigenvalue weighted by molar-refractivity contribution is -0.0982. The highest BCUT2D eigenvalue weighted by molar-refractivity contribution is 7.11. The molecule has 108 valence electrons. The molecule has 0 fully saturated rings. The van der Waals surface area contributed by atoms with Crippen LogP contribution < -0.4 is 5.46 Å². The van der Waals surface area contributed by atoms with Gasteiger partial charge in [-0.25, -0.2) is 0 Å². The van der Waals surface area contributed by atoms with Crippen molar-refractivity contribution in [2.24, 2.45) is 0 Å². The summed E-state index contributed by atoms with van der Waals surface area (Å²) in [6.07, 6.45) is 0. The Bertz CT molecular complexity index is 427. The topological polar surface area (TPSA) is 49.7 Å². The first kappa shape index (κ1) is 16.7. The molecule has 0 spiro atoms. The van der Waals surface area contributed by atoms with Crippen LogP contribution >= 0.6 is 11.3 Å². The summed E-state index contributed by atoms with van der Waals surface area (Å²) in [5.74, 6) is 0. The summed E-state index contributed by atoms with van der Waals surface area (Å²) in [5.41, 5.74) is -1.06. The van der Waals surface area contributed by atoms with Gasteiger partial charge in [-0.2, -0.15) is 0 Å². The van der Waals surface area contributed by atoms with Crippen LogP contribution in [0.2, 0.25) is 0 Å². The van der Waals surface area contributed by atoms with Gasteiger partial charge < -0.3 is 14.8 Å². The fraction of sp³-hybridized carbons (Fsp3) is 0.714. The van der Waals surface area contributed by atoms with Crippen LogP contribution in [0.1, 0.15) is 53.3 Å². The summed E-state index contributed by atoms with van der Waals surface area (Å²) in [6, 6.07) is 1.97. The highest BCUT2D eigenvalue weighted by Gasteiger charge is 2.39. The van der Waals surface area contributed by atoms with Crippen molar-refractivity contribution in [2.75, 3.05) is 0 Å². The van der Waals surface area contributed by atoms with Crippen LogP contribution in [0.25, 0.3) is 0 Å². The largest absolute Gasteiger partial charge is 0.492 e. The molecule has 0 aliphatic carbocycles. The molecule has 0 radical (unpaired) electrons. The van der Waals surface area contributed by atoms with Crippen LogP contribution in [-0.4, -0.2) is 28.5 Å². The lowest BCUT2D eigenvalue weighted by Gasteiger charge is -2.38. The lowest BCUT2D eigenvalue weighted by Crippen LogP contribution is -2.52. The third-order valence-electron chi connectivity index (χ3n) is 3.52. The van der Waals surface area contributed by atoms with Gasteiger partial charge in [0.2, 0.25) is 0 Å². The minimum absolute atomic E-state index is 0.0639. The molecule has 0 amide bonds. The van der Waals surface area contributed by atoms with Crippen LogP contribution in [0, 0.1) is 0 Å². The van der Waals surface area contributed by atoms with Gasteiger partial charge in [0.1, 0.15) is 0 Å². The van der Waals surface area contributed by atoms with E-state index in [-0.39, 0.29) is 5.41 Å². The highest BCUT2D eigenvalue weighted by atomic mass is 32.1. The molecule has 0 aliphatic heterocycles. The maximum Gasteiger partial charge on any atom is 0.492 e. The minimum Gasteiger partial charge on any atom is -0.423 e. The SMILES string of the molecule is CC(C)(C)c1cc(B(O)OC(C)(C)C(C)(C)O)cs1. The summed E-state index contributed by atoms with van der Waals surface area (Å²) in [6.45, 7) is 13.3. The van der Waals surface area contributed by atoms with Crippen molar-refractivity contribution in [3.63, 3.8) is 0 Å². The van der Waals surface area contributed by atoms with Crippen molar-refractivity contribution < 1.29 is 14.8 Å². The third-order valence-corrected chi connectivity index (χ3v) is 4.90. The molecule has 5 heteroatoms. The van der Waals surface area contributed by atoms with Crippen molar-refractivity contribution >= 4 is 23.9 Å². The van der Waals surface area contributed by atoms with Crippen LogP contribution in [0.4, 0.5) is 0 Å². The lowest BCUT2D eigenvalue weighted by atomic mass is 9.77. The highest BCUT2D eigenvalue weighted by Crippen LogP contribution is 2.28. The molecule has 2 N–H and O–H groups in total. The molecular weight excluding hydrogens is 259 g/mol. The molecule has 0 aliphatic rings. The maximum absolute atomic E-state index is 10.2. The molecule has 0 aromatic carbocycles. The monoisotopic (exact) mass is 284 g/mol. The van der Waals surface area contributed by atoms with Crippen LogP contribution in [0.5, 0.6) is 0 Å². The first-order chi connectivity index (χ1) is 8.34. The van der Waals surface area contributed by atoms with Crippen molar-refractivity contribution in [3.05, 3.63) is 16.3 Å². The van der Waals surface area contributed by atoms with E-state index in [2.05, 4.69) is 20.8 Å². The molecule has 0 saturated heterocycles. The third kappa shape index (κ3) is 4.05. The van der Waals surface area contributed by atoms with E-state index in [4.69, 9.17) is 4.65 Å². The normalized spacial score (nSPS) is 13.7. The number of thiophene rings is 1. The van der Waals surface area contributed by atoms with Crippen LogP contribution in [0.15, 0.2) is 11.4 Å². The Labute approximate surface area is 120 Å². The van der Waals surface area contributed by atoms with E-state index in [0.29, 0.717) is 0 Å². The molecule has 1 aromatic heterocycles. The van der Waals surface area contributed by atoms with Gasteiger partial charge in [0, 0.05) is 4.88 Å². The fourth-order valence-electron chi connectivity index (χ4n) is 1.37. The number of rotatable bonds is 4. The Kier molecular flexibility index (Phi) is 4.58. The van der Waals surface area contributed by atoms with Crippen LogP contribution in [0.3, 0.4) is 0 Å². The molecule has 0 unspecified atom stereocenters. The van der Waals surface area contributed by atoms with E-state index in [0.717, 1.165) is 5.46 Å². The van der Waals surface area contributed by atoms with Crippen molar-refractivity contribution in [1.82, 2.24) is 0 Å². The molecule has 0 saturated carbocycles. The number of aliphatic hydroxyl groups is 1. The Balaban J connectivity index is 2.85. The standard InChI is InChI=1S/C14H25BO3S/c1-12(2,3)11-8-10(9-19-11)15(17)18-14(6,7)13(4,5)16/h8-9,16-17H,1-7H3. The van der Waals surface area contributed by atoms with Crippen LogP contribution in [-0.2, 0) is 10.1 Å². The van der Waals surface area contributed by atoms with Gasteiger partial charge in [-0.15, -0.1) is 11.3 Å². The summed E-state index contributed by atoms with van der Waals surface area (Å²) < 4.78 is 5.63. The van der Waals surface area contributed by atoms with E-state index >= 15 is 0 Å². The van der Waals surface area contributed by atoms with Gasteiger partial charge in [0.05, 0.1) is 11.2 Å². The van der Waals surface area contributed by atoms with Gasteiger partial charge in [0.25, 0.3) is 0 Å². The van der Waals surface area contributed by atoms with Crippen molar-refractivity contribution in [2.45, 2.75) is 65.1 Å². The Hall–Kier alpha value is -0.355. The second-order valence-corrected chi connectivity index (χ2v) is 7.95. The van der Waals surface area contributed by atoms with Gasteiger partial charge >= 0.3 is 7.12 Å². The van der Waals surface area contributed by atoms with E-state index in [1.807, 2.05) is 11.4 Å². The van der Waals surface area contributed by atoms with Crippen molar-refractivity contribution in [3.8, 4) is 0 Å². The molecule has 3 nitrogen and oxygen atoms in total. The quantitative estimate of drug-likeness (QED) is 0.834. The first-order valence-corrected chi connectivity index (χ1v) is 7.40. The Morgan fingerprint density at radius 3 is 2.00 bits per heavy atom. The van der Waals surface area contributed by atoms with E-state index in [1.54, 1.807) is 39.0 Å². The predicted molar refractivity (Wildman–Crippen MR) is 82.1 cm³/mol. The van der Waals surface area contributed by atoms with E-state index in [1.165, 1.54) is 4.88 Å². The zero-order valence-corrected chi connectivity index (χ0v) is 13.8. The van der Waals surface area contributed by atoms with Gasteiger partial charge in [-0.3, -0.25) is 0 Å². The number of hydrogen-bond acceptors (Lipinski definition) is 4. The molecule has 1 aromatic rings. The fourth-order valence-corrected chi connectivity index (χ4v) is 2.37. The molecule has 1 heterocycles. The first-order valence-electron chi connectivity index (χ1n) is 6.52. The minimum atomic E-state index is -1.03. The van der Waals surface area contributed by atoms with E-state index < -0.39 is 18.3 Å². The predicted octanol–water partition coefficient (Wildman–Crippen LogP) is 2.30. The second-order valence-electron chi connectivity index (χ2n) is 7.03. The zero-order chi connectivity index (χ0) is 15.1. The summed E-state index contributed by atoms with van der Waals surface area (Å²) in [7, 11) is -1.02. The second kappa shape index (κ2) is 5.21. The zero-order valence-electron chi connectivity index (χ0n) is 12.9. The van der Waals surface area contributed by atoms with Crippen molar-refractivity contribution in [1.29, 1.82) is 0 Å². The molecule has 0 bridgehead atoms. The van der Waals surface area contributed by atoms with Gasteiger partial charge in [0.15, 0.2) is 0 Å². The van der Waals surface area contributed by atoms with Gasteiger partial charge in [-0.1, -0.05) is 20.8 Å². The summed E-state index contributed by atoms with van der Waals surface area (Å²) in [4.78, 5) is 1.20. The average molecular weight is 284 g/mol. The smallest absolute Gasteiger partial charge is 0.423 e. The summed E-state index contributed by atoms with van der Waals surface area (Å²) in [5, 5.41) is 22.1.